The highest BCUT2D eigenvalue weighted by Crippen LogP contribution is 2.36. The minimum Gasteiger partial charge on any atom is -0.491 e. The van der Waals surface area contributed by atoms with Gasteiger partial charge < -0.3 is 9.30 Å². The number of thioether (sulfide) groups is 1. The van der Waals surface area contributed by atoms with Crippen LogP contribution < -0.4 is 4.74 Å². The Morgan fingerprint density at radius 2 is 2.03 bits per heavy atom. The van der Waals surface area contributed by atoms with Crippen molar-refractivity contribution in [3.8, 4) is 5.75 Å². The first-order valence-corrected chi connectivity index (χ1v) is 12.7. The summed E-state index contributed by atoms with van der Waals surface area (Å²) in [4.78, 5) is 17.1. The van der Waals surface area contributed by atoms with Gasteiger partial charge in [0.1, 0.15) is 17.4 Å². The van der Waals surface area contributed by atoms with Crippen molar-refractivity contribution in [2.75, 3.05) is 6.61 Å². The predicted octanol–water partition coefficient (Wildman–Crippen LogP) is 5.38. The number of aryl methyl sites for hydroxylation is 2. The Balaban J connectivity index is 1.30. The van der Waals surface area contributed by atoms with Gasteiger partial charge in [-0.2, -0.15) is 15.1 Å². The first-order chi connectivity index (χ1) is 16.5. The van der Waals surface area contributed by atoms with Gasteiger partial charge in [-0.05, 0) is 68.3 Å². The smallest absolute Gasteiger partial charge is 0.283 e. The molecule has 176 valence electrons. The molecule has 1 aromatic heterocycles. The van der Waals surface area contributed by atoms with Gasteiger partial charge in [0.2, 0.25) is 5.17 Å². The van der Waals surface area contributed by atoms with Crippen LogP contribution in [0.2, 0.25) is 0 Å². The van der Waals surface area contributed by atoms with Gasteiger partial charge in [-0.3, -0.25) is 10.2 Å². The van der Waals surface area contributed by atoms with Crippen LogP contribution in [0.4, 0.5) is 0 Å². The molecule has 0 saturated heterocycles. The van der Waals surface area contributed by atoms with E-state index in [9.17, 15) is 4.79 Å². The molecule has 1 aliphatic carbocycles. The Labute approximate surface area is 204 Å². The molecule has 0 unspecified atom stereocenters. The number of rotatable bonds is 6. The number of aromatic nitrogens is 1. The third-order valence-corrected chi connectivity index (χ3v) is 7.57. The van der Waals surface area contributed by atoms with Crippen molar-refractivity contribution in [2.45, 2.75) is 52.5 Å². The SMILES string of the molecule is Cc1ccc(OCCn2cccc2C=C2C(=N)N3N=C(C4CCCCC4)SC3=NC2=O)c(C)c1. The number of fused-ring (bicyclic) bond motifs is 1. The highest BCUT2D eigenvalue weighted by Gasteiger charge is 2.38. The molecule has 1 fully saturated rings. The minimum absolute atomic E-state index is 0.0904. The second-order valence-electron chi connectivity index (χ2n) is 9.04. The van der Waals surface area contributed by atoms with Gasteiger partial charge in [0.15, 0.2) is 5.84 Å². The average Bonchev–Trinajstić information content (AvgIpc) is 3.46. The van der Waals surface area contributed by atoms with Crippen molar-refractivity contribution in [2.24, 2.45) is 16.0 Å². The molecular weight excluding hydrogens is 446 g/mol. The number of amides is 1. The van der Waals surface area contributed by atoms with Crippen LogP contribution in [-0.4, -0.2) is 38.1 Å². The molecule has 2 aliphatic heterocycles. The van der Waals surface area contributed by atoms with E-state index in [4.69, 9.17) is 10.1 Å². The lowest BCUT2D eigenvalue weighted by atomic mass is 9.90. The van der Waals surface area contributed by atoms with Crippen molar-refractivity contribution in [1.82, 2.24) is 9.58 Å². The van der Waals surface area contributed by atoms with Crippen molar-refractivity contribution < 1.29 is 9.53 Å². The van der Waals surface area contributed by atoms with Gasteiger partial charge in [0.05, 0.1) is 12.1 Å². The number of hydrogen-bond donors (Lipinski definition) is 1. The van der Waals surface area contributed by atoms with Crippen LogP contribution in [0.3, 0.4) is 0 Å². The minimum atomic E-state index is -0.386. The monoisotopic (exact) mass is 475 g/mol. The number of nitrogens with one attached hydrogen (secondary N) is 1. The lowest BCUT2D eigenvalue weighted by molar-refractivity contribution is -0.114. The maximum Gasteiger partial charge on any atom is 0.283 e. The van der Waals surface area contributed by atoms with Gasteiger partial charge in [-0.25, -0.2) is 0 Å². The number of carbonyl (C=O) groups excluding carboxylic acids is 1. The van der Waals surface area contributed by atoms with Crippen LogP contribution in [-0.2, 0) is 11.3 Å². The number of hydrazone groups is 1. The van der Waals surface area contributed by atoms with Crippen molar-refractivity contribution >= 4 is 39.8 Å². The third-order valence-electron chi connectivity index (χ3n) is 6.50. The highest BCUT2D eigenvalue weighted by atomic mass is 32.2. The zero-order valence-corrected chi connectivity index (χ0v) is 20.4. The molecule has 7 nitrogen and oxygen atoms in total. The number of aliphatic imine (C=N–C) groups is 1. The summed E-state index contributed by atoms with van der Waals surface area (Å²) in [5.41, 5.74) is 3.41. The van der Waals surface area contributed by atoms with Gasteiger partial charge in [0, 0.05) is 17.8 Å². The molecule has 1 saturated carbocycles. The molecule has 1 N–H and O–H groups in total. The van der Waals surface area contributed by atoms with E-state index in [1.165, 1.54) is 41.6 Å². The Hall–Kier alpha value is -3.13. The molecule has 3 heterocycles. The van der Waals surface area contributed by atoms with E-state index >= 15 is 0 Å². The molecule has 1 aromatic carbocycles. The molecule has 0 bridgehead atoms. The zero-order chi connectivity index (χ0) is 23.7. The molecule has 1 amide bonds. The van der Waals surface area contributed by atoms with Gasteiger partial charge >= 0.3 is 0 Å². The molecular formula is C26H29N5O2S. The fourth-order valence-electron chi connectivity index (χ4n) is 4.65. The Bertz CT molecular complexity index is 1220. The Kier molecular flexibility index (Phi) is 6.41. The fraction of sp³-hybridized carbons (Fsp3) is 0.385. The van der Waals surface area contributed by atoms with Crippen LogP contribution in [0.5, 0.6) is 5.75 Å². The molecule has 8 heteroatoms. The quantitative estimate of drug-likeness (QED) is 0.569. The first-order valence-electron chi connectivity index (χ1n) is 11.8. The summed E-state index contributed by atoms with van der Waals surface area (Å²) in [5.74, 6) is 0.995. The first kappa shape index (κ1) is 22.7. The summed E-state index contributed by atoms with van der Waals surface area (Å²) in [6.07, 6.45) is 9.62. The number of hydrogen-bond acceptors (Lipinski definition) is 5. The van der Waals surface area contributed by atoms with Crippen LogP contribution in [0, 0.1) is 25.2 Å². The Morgan fingerprint density at radius 1 is 1.21 bits per heavy atom. The normalized spacial score (nSPS) is 19.9. The summed E-state index contributed by atoms with van der Waals surface area (Å²) in [6.45, 7) is 5.23. The lowest BCUT2D eigenvalue weighted by Gasteiger charge is -2.20. The predicted molar refractivity (Wildman–Crippen MR) is 137 cm³/mol. The van der Waals surface area contributed by atoms with E-state index in [2.05, 4.69) is 23.1 Å². The van der Waals surface area contributed by atoms with Crippen LogP contribution >= 0.6 is 11.8 Å². The lowest BCUT2D eigenvalue weighted by Crippen LogP contribution is -2.35. The highest BCUT2D eigenvalue weighted by molar-refractivity contribution is 8.27. The topological polar surface area (TPSA) is 83.0 Å². The summed E-state index contributed by atoms with van der Waals surface area (Å²) in [6, 6.07) is 10.0. The van der Waals surface area contributed by atoms with E-state index in [0.29, 0.717) is 24.2 Å². The molecule has 0 atom stereocenters. The largest absolute Gasteiger partial charge is 0.491 e. The number of amidine groups is 2. The van der Waals surface area contributed by atoms with E-state index < -0.39 is 0 Å². The second kappa shape index (κ2) is 9.62. The summed E-state index contributed by atoms with van der Waals surface area (Å²) in [7, 11) is 0. The molecule has 5 rings (SSSR count). The van der Waals surface area contributed by atoms with Crippen molar-refractivity contribution in [3.05, 3.63) is 58.9 Å². The van der Waals surface area contributed by atoms with Gasteiger partial charge in [0.25, 0.3) is 5.91 Å². The van der Waals surface area contributed by atoms with Crippen LogP contribution in [0.15, 0.2) is 52.2 Å². The van der Waals surface area contributed by atoms with E-state index in [-0.39, 0.29) is 17.3 Å². The third kappa shape index (κ3) is 4.59. The Morgan fingerprint density at radius 3 is 2.82 bits per heavy atom. The maximum absolute atomic E-state index is 12.8. The van der Waals surface area contributed by atoms with Crippen molar-refractivity contribution in [1.29, 1.82) is 5.41 Å². The fourth-order valence-corrected chi connectivity index (χ4v) is 5.71. The average molecular weight is 476 g/mol. The molecule has 0 radical (unpaired) electrons. The van der Waals surface area contributed by atoms with Gasteiger partial charge in [-0.1, -0.05) is 37.0 Å². The standard InChI is InChI=1S/C26H29N5O2S/c1-17-10-11-22(18(2)15-17)33-14-13-30-12-6-9-20(30)16-21-23(27)31-26(28-24(21)32)34-25(29-31)19-7-4-3-5-8-19/h6,9-12,15-16,19,27H,3-5,7-8,13-14H2,1-2H3. The van der Waals surface area contributed by atoms with E-state index in [0.717, 1.165) is 34.9 Å². The summed E-state index contributed by atoms with van der Waals surface area (Å²) >= 11 is 1.45. The van der Waals surface area contributed by atoms with Crippen LogP contribution in [0.25, 0.3) is 6.08 Å². The number of nitrogens with zero attached hydrogens (tertiary/aromatic N) is 4. The summed E-state index contributed by atoms with van der Waals surface area (Å²) < 4.78 is 8.00. The number of ether oxygens (including phenoxy) is 1. The van der Waals surface area contributed by atoms with Gasteiger partial charge in [-0.15, -0.1) is 0 Å². The second-order valence-corrected chi connectivity index (χ2v) is 10.0. The van der Waals surface area contributed by atoms with E-state index in [1.807, 2.05) is 42.0 Å². The maximum atomic E-state index is 12.8. The number of benzene rings is 1. The number of carbonyl (C=O) groups is 1. The molecule has 2 aromatic rings. The zero-order valence-electron chi connectivity index (χ0n) is 19.6. The van der Waals surface area contributed by atoms with E-state index in [1.54, 1.807) is 6.08 Å². The molecule has 0 spiro atoms. The molecule has 34 heavy (non-hydrogen) atoms. The summed E-state index contributed by atoms with van der Waals surface area (Å²) in [5, 5.41) is 16.4. The van der Waals surface area contributed by atoms with Crippen LogP contribution in [0.1, 0.15) is 48.9 Å². The molecule has 3 aliphatic rings. The van der Waals surface area contributed by atoms with Crippen molar-refractivity contribution in [3.63, 3.8) is 0 Å².